The molecule has 0 aliphatic rings. The molecule has 0 aliphatic carbocycles. The van der Waals surface area contributed by atoms with E-state index >= 15 is 0 Å². The maximum absolute atomic E-state index is 12.1. The van der Waals surface area contributed by atoms with Crippen LogP contribution in [0.4, 0.5) is 0 Å². The van der Waals surface area contributed by atoms with Crippen LogP contribution in [0.5, 0.6) is 0 Å². The van der Waals surface area contributed by atoms with Gasteiger partial charge in [-0.2, -0.15) is 0 Å². The summed E-state index contributed by atoms with van der Waals surface area (Å²) in [6.45, 7) is 5.24. The molecule has 6 nitrogen and oxygen atoms in total. The number of fused-ring (bicyclic) bond motifs is 1. The lowest BCUT2D eigenvalue weighted by atomic mass is 10.1. The smallest absolute Gasteiger partial charge is 0.279 e. The maximum atomic E-state index is 12.1. The SMILES string of the molecule is CC(C)CCn1c(SCC(=O)NNC(=O)c2cccs2)nc2ccccc21. The molecule has 0 saturated heterocycles. The van der Waals surface area contributed by atoms with Crippen LogP contribution in [0, 0.1) is 5.92 Å². The van der Waals surface area contributed by atoms with Crippen LogP contribution in [0.1, 0.15) is 29.9 Å². The normalized spacial score (nSPS) is 11.1. The summed E-state index contributed by atoms with van der Waals surface area (Å²) in [6, 6.07) is 11.5. The number of imidazole rings is 1. The number of aromatic nitrogens is 2. The Bertz CT molecular complexity index is 919. The van der Waals surface area contributed by atoms with Crippen LogP contribution in [-0.2, 0) is 11.3 Å². The minimum absolute atomic E-state index is 0.176. The van der Waals surface area contributed by atoms with Gasteiger partial charge in [0.15, 0.2) is 5.16 Å². The van der Waals surface area contributed by atoms with Crippen molar-refractivity contribution in [2.75, 3.05) is 5.75 Å². The summed E-state index contributed by atoms with van der Waals surface area (Å²) < 4.78 is 2.16. The molecule has 8 heteroatoms. The summed E-state index contributed by atoms with van der Waals surface area (Å²) in [6.07, 6.45) is 1.04. The van der Waals surface area contributed by atoms with E-state index in [0.29, 0.717) is 10.8 Å². The molecule has 2 amide bonds. The monoisotopic (exact) mass is 402 g/mol. The van der Waals surface area contributed by atoms with Crippen LogP contribution in [0.2, 0.25) is 0 Å². The highest BCUT2D eigenvalue weighted by molar-refractivity contribution is 7.99. The number of benzene rings is 1. The first-order valence-corrected chi connectivity index (χ1v) is 10.6. The summed E-state index contributed by atoms with van der Waals surface area (Å²) in [5.41, 5.74) is 6.89. The van der Waals surface area contributed by atoms with Crippen molar-refractivity contribution in [2.24, 2.45) is 5.92 Å². The quantitative estimate of drug-likeness (QED) is 0.467. The molecule has 3 rings (SSSR count). The average molecular weight is 403 g/mol. The zero-order chi connectivity index (χ0) is 19.2. The van der Waals surface area contributed by atoms with Gasteiger partial charge in [-0.1, -0.05) is 43.8 Å². The van der Waals surface area contributed by atoms with Crippen LogP contribution < -0.4 is 10.9 Å². The number of thiophene rings is 1. The molecule has 2 N–H and O–H groups in total. The number of hydrazine groups is 1. The van der Waals surface area contributed by atoms with Crippen molar-refractivity contribution in [1.82, 2.24) is 20.4 Å². The van der Waals surface area contributed by atoms with E-state index in [2.05, 4.69) is 34.3 Å². The lowest BCUT2D eigenvalue weighted by Gasteiger charge is -2.11. The first-order chi connectivity index (χ1) is 13.0. The van der Waals surface area contributed by atoms with Crippen molar-refractivity contribution in [1.29, 1.82) is 0 Å². The first kappa shape index (κ1) is 19.4. The number of para-hydroxylation sites is 2. The van der Waals surface area contributed by atoms with E-state index in [9.17, 15) is 9.59 Å². The van der Waals surface area contributed by atoms with Crippen molar-refractivity contribution < 1.29 is 9.59 Å². The van der Waals surface area contributed by atoms with Gasteiger partial charge in [0.1, 0.15) is 0 Å². The molecule has 2 heterocycles. The number of rotatable bonds is 7. The molecule has 0 saturated carbocycles. The van der Waals surface area contributed by atoms with Crippen LogP contribution in [0.3, 0.4) is 0 Å². The van der Waals surface area contributed by atoms with Crippen LogP contribution in [0.25, 0.3) is 11.0 Å². The van der Waals surface area contributed by atoms with Crippen molar-refractivity contribution >= 4 is 45.9 Å². The molecule has 0 bridgehead atoms. The van der Waals surface area contributed by atoms with Gasteiger partial charge >= 0.3 is 0 Å². The number of aryl methyl sites for hydroxylation is 1. The van der Waals surface area contributed by atoms with Gasteiger partial charge in [-0.05, 0) is 35.9 Å². The van der Waals surface area contributed by atoms with Gasteiger partial charge in [-0.15, -0.1) is 11.3 Å². The third-order valence-corrected chi connectivity index (χ3v) is 5.79. The molecule has 0 radical (unpaired) electrons. The van der Waals surface area contributed by atoms with Gasteiger partial charge in [0.2, 0.25) is 5.91 Å². The first-order valence-electron chi connectivity index (χ1n) is 8.75. The zero-order valence-electron chi connectivity index (χ0n) is 15.3. The minimum atomic E-state index is -0.312. The van der Waals surface area contributed by atoms with Crippen LogP contribution in [0.15, 0.2) is 46.9 Å². The molecule has 142 valence electrons. The zero-order valence-corrected chi connectivity index (χ0v) is 16.9. The van der Waals surface area contributed by atoms with Crippen LogP contribution >= 0.6 is 23.1 Å². The molecule has 0 atom stereocenters. The number of thioether (sulfide) groups is 1. The lowest BCUT2D eigenvalue weighted by molar-refractivity contribution is -0.119. The third-order valence-electron chi connectivity index (χ3n) is 3.94. The van der Waals surface area contributed by atoms with Gasteiger partial charge in [0.25, 0.3) is 5.91 Å². The van der Waals surface area contributed by atoms with E-state index in [1.54, 1.807) is 12.1 Å². The number of carbonyl (C=O) groups excluding carboxylic acids is 2. The summed E-state index contributed by atoms with van der Waals surface area (Å²) in [5, 5.41) is 2.63. The molecule has 27 heavy (non-hydrogen) atoms. The summed E-state index contributed by atoms with van der Waals surface area (Å²) in [7, 11) is 0. The second kappa shape index (κ2) is 9.05. The van der Waals surface area contributed by atoms with Crippen molar-refractivity contribution in [3.05, 3.63) is 46.7 Å². The Morgan fingerprint density at radius 2 is 2.00 bits per heavy atom. The Hall–Kier alpha value is -2.32. The van der Waals surface area contributed by atoms with Gasteiger partial charge < -0.3 is 4.57 Å². The second-order valence-corrected chi connectivity index (χ2v) is 8.38. The van der Waals surface area contributed by atoms with Gasteiger partial charge in [-0.3, -0.25) is 20.4 Å². The molecular weight excluding hydrogens is 380 g/mol. The fourth-order valence-electron chi connectivity index (χ4n) is 2.53. The fourth-order valence-corrected chi connectivity index (χ4v) is 3.99. The standard InChI is InChI=1S/C19H22N4O2S2/c1-13(2)9-10-23-15-7-4-3-6-14(15)20-19(23)27-12-17(24)21-22-18(25)16-8-5-11-26-16/h3-8,11,13H,9-10,12H2,1-2H3,(H,21,24)(H,22,25). The summed E-state index contributed by atoms with van der Waals surface area (Å²) >= 11 is 2.70. The maximum Gasteiger partial charge on any atom is 0.279 e. The highest BCUT2D eigenvalue weighted by atomic mass is 32.2. The Morgan fingerprint density at radius 1 is 1.19 bits per heavy atom. The van der Waals surface area contributed by atoms with Crippen LogP contribution in [-0.4, -0.2) is 27.1 Å². The number of hydrogen-bond donors (Lipinski definition) is 2. The topological polar surface area (TPSA) is 76.0 Å². The van der Waals surface area contributed by atoms with E-state index in [0.717, 1.165) is 29.2 Å². The van der Waals surface area contributed by atoms with Crippen molar-refractivity contribution in [2.45, 2.75) is 32.0 Å². The van der Waals surface area contributed by atoms with E-state index < -0.39 is 0 Å². The number of carbonyl (C=O) groups is 2. The molecule has 0 aliphatic heterocycles. The predicted molar refractivity (Wildman–Crippen MR) is 110 cm³/mol. The van der Waals surface area contributed by atoms with E-state index in [4.69, 9.17) is 0 Å². The Balaban J connectivity index is 1.61. The van der Waals surface area contributed by atoms with Crippen molar-refractivity contribution in [3.8, 4) is 0 Å². The van der Waals surface area contributed by atoms with Gasteiger partial charge in [0, 0.05) is 6.54 Å². The third kappa shape index (κ3) is 5.11. The Labute approximate surface area is 166 Å². The highest BCUT2D eigenvalue weighted by Gasteiger charge is 2.14. The fraction of sp³-hybridized carbons (Fsp3) is 0.316. The van der Waals surface area contributed by atoms with Crippen molar-refractivity contribution in [3.63, 3.8) is 0 Å². The Kier molecular flexibility index (Phi) is 6.52. The number of nitrogens with one attached hydrogen (secondary N) is 2. The predicted octanol–water partition coefficient (Wildman–Crippen LogP) is 3.70. The minimum Gasteiger partial charge on any atom is -0.319 e. The molecule has 0 spiro atoms. The Morgan fingerprint density at radius 3 is 2.74 bits per heavy atom. The van der Waals surface area contributed by atoms with E-state index in [-0.39, 0.29) is 17.6 Å². The molecular formula is C19H22N4O2S2. The van der Waals surface area contributed by atoms with Gasteiger partial charge in [-0.25, -0.2) is 4.98 Å². The highest BCUT2D eigenvalue weighted by Crippen LogP contribution is 2.25. The number of hydrogen-bond acceptors (Lipinski definition) is 5. The lowest BCUT2D eigenvalue weighted by Crippen LogP contribution is -2.42. The summed E-state index contributed by atoms with van der Waals surface area (Å²) in [5.74, 6) is 0.176. The number of nitrogens with zero attached hydrogens (tertiary/aromatic N) is 2. The average Bonchev–Trinajstić information content (AvgIpc) is 3.30. The van der Waals surface area contributed by atoms with Gasteiger partial charge in [0.05, 0.1) is 21.7 Å². The molecule has 0 fully saturated rings. The molecule has 3 aromatic rings. The second-order valence-electron chi connectivity index (χ2n) is 6.49. The largest absolute Gasteiger partial charge is 0.319 e. The molecule has 0 unspecified atom stereocenters. The van der Waals surface area contributed by atoms with E-state index in [1.165, 1.54) is 23.1 Å². The molecule has 2 aromatic heterocycles. The summed E-state index contributed by atoms with van der Waals surface area (Å²) in [4.78, 5) is 29.2. The van der Waals surface area contributed by atoms with E-state index in [1.807, 2.05) is 29.6 Å². The number of amides is 2. The molecule has 1 aromatic carbocycles.